The minimum atomic E-state index is -0.215. The van der Waals surface area contributed by atoms with Gasteiger partial charge in [-0.25, -0.2) is 0 Å². The largest absolute Gasteiger partial charge is 0.489 e. The first-order chi connectivity index (χ1) is 15.1. The van der Waals surface area contributed by atoms with E-state index in [-0.39, 0.29) is 35.5 Å². The summed E-state index contributed by atoms with van der Waals surface area (Å²) in [4.78, 5) is 26.0. The lowest BCUT2D eigenvalue weighted by Crippen LogP contribution is -2.40. The molecule has 4 aliphatic carbocycles. The number of aryl methyl sites for hydroxylation is 1. The first-order valence-electron chi connectivity index (χ1n) is 11.0. The van der Waals surface area contributed by atoms with E-state index in [9.17, 15) is 9.59 Å². The van der Waals surface area contributed by atoms with E-state index in [1.807, 2.05) is 24.3 Å². The molecule has 7 rings (SSSR count). The Balaban J connectivity index is 1.16. The van der Waals surface area contributed by atoms with E-state index in [0.29, 0.717) is 18.4 Å². The minimum Gasteiger partial charge on any atom is -0.489 e. The van der Waals surface area contributed by atoms with Gasteiger partial charge in [0.2, 0.25) is 0 Å². The number of allylic oxidation sites excluding steroid dienone is 2. The van der Waals surface area contributed by atoms with Crippen molar-refractivity contribution in [1.29, 1.82) is 0 Å². The van der Waals surface area contributed by atoms with Crippen LogP contribution in [-0.2, 0) is 16.2 Å². The summed E-state index contributed by atoms with van der Waals surface area (Å²) in [7, 11) is 0. The third-order valence-electron chi connectivity index (χ3n) is 7.35. The van der Waals surface area contributed by atoms with Gasteiger partial charge in [-0.3, -0.25) is 9.59 Å². The number of nitrogens with zero attached hydrogens (tertiary/aromatic N) is 2. The summed E-state index contributed by atoms with van der Waals surface area (Å²) in [5, 5.41) is 5.43. The average Bonchev–Trinajstić information content (AvgIpc) is 3.57. The maximum absolute atomic E-state index is 13.0. The number of carbonyl (C=O) groups excluding carboxylic acids is 2. The van der Waals surface area contributed by atoms with Crippen molar-refractivity contribution in [3.05, 3.63) is 77.4 Å². The normalized spacial score (nSPS) is 32.5. The van der Waals surface area contributed by atoms with Gasteiger partial charge >= 0.3 is 0 Å². The average molecular weight is 412 g/mol. The third-order valence-corrected chi connectivity index (χ3v) is 7.35. The molecule has 3 fully saturated rings. The predicted molar refractivity (Wildman–Crippen MR) is 116 cm³/mol. The highest BCUT2D eigenvalue weighted by molar-refractivity contribution is 6.06. The topological polar surface area (TPSA) is 59.0 Å². The standard InChI is InChI=1S/C26H24N2O3/c1-15-5-7-16(8-6-15)14-31-18-4-2-3-17(11-18)13-27-28-25(29)23-19-9-10-20(22-12-21(19)22)24(23)26(28)30/h2-11,13,19-24H,12,14H2,1H3/b27-13+. The second kappa shape index (κ2) is 6.91. The van der Waals surface area contributed by atoms with Crippen LogP contribution in [0, 0.1) is 42.4 Å². The van der Waals surface area contributed by atoms with Crippen LogP contribution >= 0.6 is 0 Å². The Labute approximate surface area is 181 Å². The molecule has 1 saturated heterocycles. The van der Waals surface area contributed by atoms with Crippen molar-refractivity contribution >= 4 is 18.0 Å². The number of imide groups is 1. The zero-order valence-electron chi connectivity index (χ0n) is 17.3. The number of amides is 2. The van der Waals surface area contributed by atoms with Crippen molar-refractivity contribution in [1.82, 2.24) is 5.01 Å². The molecular weight excluding hydrogens is 388 g/mol. The van der Waals surface area contributed by atoms with Gasteiger partial charge in [0.1, 0.15) is 12.4 Å². The molecule has 0 aromatic heterocycles. The van der Waals surface area contributed by atoms with Gasteiger partial charge in [0.15, 0.2) is 0 Å². The monoisotopic (exact) mass is 412 g/mol. The highest BCUT2D eigenvalue weighted by Crippen LogP contribution is 2.65. The molecule has 1 heterocycles. The van der Waals surface area contributed by atoms with Crippen LogP contribution in [0.4, 0.5) is 0 Å². The zero-order chi connectivity index (χ0) is 21.1. The van der Waals surface area contributed by atoms with Crippen LogP contribution in [0.25, 0.3) is 0 Å². The van der Waals surface area contributed by atoms with Gasteiger partial charge in [0.05, 0.1) is 18.1 Å². The van der Waals surface area contributed by atoms with Crippen LogP contribution in [0.3, 0.4) is 0 Å². The summed E-state index contributed by atoms with van der Waals surface area (Å²) >= 11 is 0. The van der Waals surface area contributed by atoms with Gasteiger partial charge in [-0.2, -0.15) is 10.1 Å². The molecule has 0 spiro atoms. The van der Waals surface area contributed by atoms with E-state index in [2.05, 4.69) is 48.4 Å². The summed E-state index contributed by atoms with van der Waals surface area (Å²) < 4.78 is 5.90. The molecule has 2 aromatic rings. The maximum atomic E-state index is 13.0. The Morgan fingerprint density at radius 2 is 1.68 bits per heavy atom. The zero-order valence-corrected chi connectivity index (χ0v) is 17.3. The Morgan fingerprint density at radius 3 is 2.35 bits per heavy atom. The molecule has 0 radical (unpaired) electrons. The lowest BCUT2D eigenvalue weighted by atomic mass is 9.63. The second-order valence-corrected chi connectivity index (χ2v) is 9.23. The van der Waals surface area contributed by atoms with E-state index < -0.39 is 0 Å². The number of hydrogen-bond donors (Lipinski definition) is 0. The number of rotatable bonds is 5. The van der Waals surface area contributed by atoms with Gasteiger partial charge in [0, 0.05) is 0 Å². The quantitative estimate of drug-likeness (QED) is 0.424. The number of hydrazone groups is 1. The molecule has 1 aliphatic heterocycles. The molecule has 2 saturated carbocycles. The Morgan fingerprint density at radius 1 is 1.00 bits per heavy atom. The van der Waals surface area contributed by atoms with Crippen LogP contribution in [0.2, 0.25) is 0 Å². The summed E-state index contributed by atoms with van der Waals surface area (Å²) in [5.41, 5.74) is 3.11. The smallest absolute Gasteiger partial charge is 0.254 e. The van der Waals surface area contributed by atoms with Crippen molar-refractivity contribution in [3.8, 4) is 5.75 Å². The Hall–Kier alpha value is -3.21. The lowest BCUT2D eigenvalue weighted by molar-refractivity contribution is -0.140. The molecule has 5 nitrogen and oxygen atoms in total. The summed E-state index contributed by atoms with van der Waals surface area (Å²) in [6.07, 6.45) is 7.09. The molecule has 2 aromatic carbocycles. The van der Waals surface area contributed by atoms with Crippen molar-refractivity contribution in [2.75, 3.05) is 0 Å². The fourth-order valence-corrected chi connectivity index (χ4v) is 5.72. The van der Waals surface area contributed by atoms with E-state index in [1.54, 1.807) is 6.21 Å². The van der Waals surface area contributed by atoms with Crippen molar-refractivity contribution < 1.29 is 14.3 Å². The van der Waals surface area contributed by atoms with Crippen LogP contribution < -0.4 is 4.74 Å². The van der Waals surface area contributed by atoms with Gasteiger partial charge in [-0.05, 0) is 60.3 Å². The van der Waals surface area contributed by atoms with Gasteiger partial charge in [0.25, 0.3) is 11.8 Å². The molecule has 0 N–H and O–H groups in total. The van der Waals surface area contributed by atoms with Gasteiger partial charge in [-0.15, -0.1) is 0 Å². The second-order valence-electron chi connectivity index (χ2n) is 9.23. The number of benzene rings is 2. The highest BCUT2D eigenvalue weighted by atomic mass is 16.5. The highest BCUT2D eigenvalue weighted by Gasteiger charge is 2.67. The Bertz CT molecular complexity index is 1080. The molecule has 6 unspecified atom stereocenters. The van der Waals surface area contributed by atoms with Crippen molar-refractivity contribution in [2.45, 2.75) is 20.0 Å². The number of hydrogen-bond acceptors (Lipinski definition) is 4. The summed E-state index contributed by atoms with van der Waals surface area (Å²) in [6.45, 7) is 2.54. The molecule has 6 atom stereocenters. The molecule has 5 heteroatoms. The Kier molecular flexibility index (Phi) is 4.13. The number of carbonyl (C=O) groups is 2. The van der Waals surface area contributed by atoms with E-state index in [0.717, 1.165) is 28.3 Å². The fraction of sp³-hybridized carbons (Fsp3) is 0.346. The first-order valence-corrected chi connectivity index (χ1v) is 11.0. The van der Waals surface area contributed by atoms with Crippen molar-refractivity contribution in [3.63, 3.8) is 0 Å². The summed E-state index contributed by atoms with van der Waals surface area (Å²) in [6, 6.07) is 15.8. The van der Waals surface area contributed by atoms with Gasteiger partial charge in [-0.1, -0.05) is 54.1 Å². The predicted octanol–water partition coefficient (Wildman–Crippen LogP) is 3.96. The van der Waals surface area contributed by atoms with E-state index in [4.69, 9.17) is 4.74 Å². The fourth-order valence-electron chi connectivity index (χ4n) is 5.72. The minimum absolute atomic E-state index is 0.136. The lowest BCUT2D eigenvalue weighted by Gasteiger charge is -2.37. The molecule has 2 bridgehead atoms. The van der Waals surface area contributed by atoms with Crippen LogP contribution in [0.5, 0.6) is 5.75 Å². The SMILES string of the molecule is Cc1ccc(COc2cccc(/C=N/N3C(=O)C4C5C=CC(C6CC56)C4C3=O)c2)cc1. The molecule has 2 amide bonds. The van der Waals surface area contributed by atoms with Crippen LogP contribution in [0.15, 0.2) is 65.8 Å². The first kappa shape index (κ1) is 18.6. The maximum Gasteiger partial charge on any atom is 0.254 e. The molecule has 5 aliphatic rings. The van der Waals surface area contributed by atoms with Crippen LogP contribution in [0.1, 0.15) is 23.1 Å². The summed E-state index contributed by atoms with van der Waals surface area (Å²) in [5.74, 6) is 1.65. The third kappa shape index (κ3) is 3.02. The number of ether oxygens (including phenoxy) is 1. The molecule has 156 valence electrons. The van der Waals surface area contributed by atoms with Crippen molar-refractivity contribution in [2.24, 2.45) is 40.6 Å². The molecular formula is C26H24N2O3. The van der Waals surface area contributed by atoms with E-state index in [1.165, 1.54) is 5.56 Å². The van der Waals surface area contributed by atoms with Gasteiger partial charge < -0.3 is 4.74 Å². The molecule has 31 heavy (non-hydrogen) atoms. The van der Waals surface area contributed by atoms with Crippen LogP contribution in [-0.4, -0.2) is 23.0 Å². The van der Waals surface area contributed by atoms with E-state index >= 15 is 0 Å².